The van der Waals surface area contributed by atoms with Crippen LogP contribution in [-0.4, -0.2) is 11.8 Å². The van der Waals surface area contributed by atoms with Gasteiger partial charge in [0.25, 0.3) is 0 Å². The van der Waals surface area contributed by atoms with Gasteiger partial charge < -0.3 is 11.1 Å². The number of hydrogen-bond acceptors (Lipinski definition) is 3. The highest BCUT2D eigenvalue weighted by Crippen LogP contribution is 2.21. The lowest BCUT2D eigenvalue weighted by atomic mass is 10.1. The smallest absolute Gasteiger partial charge is 0.316 e. The number of para-hydroxylation sites is 1. The van der Waals surface area contributed by atoms with E-state index in [1.54, 1.807) is 24.3 Å². The van der Waals surface area contributed by atoms with E-state index in [4.69, 9.17) is 5.73 Å². The zero-order valence-electron chi connectivity index (χ0n) is 15.1. The number of nitrogens with zero attached hydrogens (tertiary/aromatic N) is 1. The minimum Gasteiger partial charge on any atom is -0.397 e. The van der Waals surface area contributed by atoms with Crippen LogP contribution in [-0.2, 0) is 16.1 Å². The molecule has 27 heavy (non-hydrogen) atoms. The molecule has 3 aromatic carbocycles. The van der Waals surface area contributed by atoms with E-state index in [-0.39, 0.29) is 0 Å². The van der Waals surface area contributed by atoms with Crippen molar-refractivity contribution in [3.05, 3.63) is 90.0 Å². The van der Waals surface area contributed by atoms with Crippen LogP contribution in [0.1, 0.15) is 11.1 Å². The summed E-state index contributed by atoms with van der Waals surface area (Å²) in [7, 11) is 0. The van der Waals surface area contributed by atoms with Crippen LogP contribution in [0.4, 0.5) is 17.1 Å². The van der Waals surface area contributed by atoms with Crippen LogP contribution in [0, 0.1) is 6.92 Å². The number of carbonyl (C=O) groups excluding carboxylic acids is 2. The molecular weight excluding hydrogens is 338 g/mol. The second-order valence-corrected chi connectivity index (χ2v) is 6.26. The van der Waals surface area contributed by atoms with E-state index >= 15 is 0 Å². The number of aryl methyl sites for hydroxylation is 1. The van der Waals surface area contributed by atoms with Gasteiger partial charge in [-0.2, -0.15) is 0 Å². The lowest BCUT2D eigenvalue weighted by Gasteiger charge is -2.22. The van der Waals surface area contributed by atoms with Crippen molar-refractivity contribution in [1.82, 2.24) is 0 Å². The van der Waals surface area contributed by atoms with Crippen molar-refractivity contribution in [1.29, 1.82) is 0 Å². The molecule has 0 aliphatic rings. The van der Waals surface area contributed by atoms with Gasteiger partial charge in [0.05, 0.1) is 17.9 Å². The highest BCUT2D eigenvalue weighted by atomic mass is 16.2. The van der Waals surface area contributed by atoms with Crippen LogP contribution >= 0.6 is 0 Å². The molecule has 0 aliphatic carbocycles. The second-order valence-electron chi connectivity index (χ2n) is 6.26. The predicted molar refractivity (Wildman–Crippen MR) is 108 cm³/mol. The molecule has 0 bridgehead atoms. The molecule has 0 radical (unpaired) electrons. The number of hydrogen-bond donors (Lipinski definition) is 2. The van der Waals surface area contributed by atoms with Gasteiger partial charge in [0.2, 0.25) is 0 Å². The molecule has 0 aliphatic heterocycles. The Labute approximate surface area is 158 Å². The number of nitrogens with two attached hydrogens (primary N) is 1. The molecule has 3 N–H and O–H groups in total. The Kier molecular flexibility index (Phi) is 5.52. The van der Waals surface area contributed by atoms with Gasteiger partial charge in [-0.15, -0.1) is 0 Å². The summed E-state index contributed by atoms with van der Waals surface area (Å²) in [5, 5.41) is 2.62. The lowest BCUT2D eigenvalue weighted by Crippen LogP contribution is -2.39. The molecule has 5 heteroatoms. The van der Waals surface area contributed by atoms with Gasteiger partial charge in [-0.1, -0.05) is 54.6 Å². The maximum Gasteiger partial charge on any atom is 0.316 e. The van der Waals surface area contributed by atoms with Crippen molar-refractivity contribution < 1.29 is 9.59 Å². The van der Waals surface area contributed by atoms with Crippen molar-refractivity contribution >= 4 is 28.9 Å². The highest BCUT2D eigenvalue weighted by Gasteiger charge is 2.24. The average molecular weight is 359 g/mol. The molecule has 5 nitrogen and oxygen atoms in total. The number of nitrogen functional groups attached to an aromatic ring is 1. The van der Waals surface area contributed by atoms with Crippen LogP contribution in [0.3, 0.4) is 0 Å². The fourth-order valence-electron chi connectivity index (χ4n) is 2.75. The molecule has 0 saturated heterocycles. The lowest BCUT2D eigenvalue weighted by molar-refractivity contribution is -0.134. The Morgan fingerprint density at radius 3 is 2.19 bits per heavy atom. The van der Waals surface area contributed by atoms with Gasteiger partial charge >= 0.3 is 11.8 Å². The average Bonchev–Trinajstić information content (AvgIpc) is 2.69. The molecule has 0 fully saturated rings. The highest BCUT2D eigenvalue weighted by molar-refractivity contribution is 6.44. The first-order valence-electron chi connectivity index (χ1n) is 8.62. The van der Waals surface area contributed by atoms with Gasteiger partial charge in [-0.3, -0.25) is 14.5 Å². The largest absolute Gasteiger partial charge is 0.397 e. The molecule has 0 atom stereocenters. The Morgan fingerprint density at radius 1 is 0.926 bits per heavy atom. The summed E-state index contributed by atoms with van der Waals surface area (Å²) in [6.07, 6.45) is 0. The first-order valence-corrected chi connectivity index (χ1v) is 8.62. The second kappa shape index (κ2) is 8.19. The van der Waals surface area contributed by atoms with Crippen LogP contribution < -0.4 is 16.0 Å². The monoisotopic (exact) mass is 359 g/mol. The topological polar surface area (TPSA) is 75.4 Å². The van der Waals surface area contributed by atoms with Crippen LogP contribution in [0.15, 0.2) is 78.9 Å². The third-order valence-corrected chi connectivity index (χ3v) is 4.15. The van der Waals surface area contributed by atoms with Crippen molar-refractivity contribution in [2.75, 3.05) is 16.0 Å². The summed E-state index contributed by atoms with van der Waals surface area (Å²) in [5.74, 6) is -1.38. The summed E-state index contributed by atoms with van der Waals surface area (Å²) in [6.45, 7) is 2.20. The van der Waals surface area contributed by atoms with Crippen LogP contribution in [0.25, 0.3) is 0 Å². The summed E-state index contributed by atoms with van der Waals surface area (Å²) >= 11 is 0. The maximum absolute atomic E-state index is 12.9. The molecule has 0 heterocycles. The van der Waals surface area contributed by atoms with E-state index in [9.17, 15) is 9.59 Å². The standard InChI is InChI=1S/C22H21N3O2/c1-16-12-13-20(19(23)14-16)24-21(26)22(27)25(18-10-6-3-7-11-18)15-17-8-4-2-5-9-17/h2-14H,15,23H2,1H3,(H,24,26). The van der Waals surface area contributed by atoms with Crippen molar-refractivity contribution in [2.24, 2.45) is 0 Å². The minimum atomic E-state index is -0.731. The number of rotatable bonds is 4. The first-order chi connectivity index (χ1) is 13.0. The maximum atomic E-state index is 12.9. The van der Waals surface area contributed by atoms with Gasteiger partial charge in [0.15, 0.2) is 0 Å². The SMILES string of the molecule is Cc1ccc(NC(=O)C(=O)N(Cc2ccccc2)c2ccccc2)c(N)c1. The number of nitrogens with one attached hydrogen (secondary N) is 1. The normalized spacial score (nSPS) is 10.3. The third-order valence-electron chi connectivity index (χ3n) is 4.15. The molecule has 136 valence electrons. The van der Waals surface area contributed by atoms with Crippen molar-refractivity contribution in [2.45, 2.75) is 13.5 Å². The van der Waals surface area contributed by atoms with E-state index in [2.05, 4.69) is 5.32 Å². The van der Waals surface area contributed by atoms with Crippen molar-refractivity contribution in [3.63, 3.8) is 0 Å². The molecule has 0 saturated carbocycles. The summed E-state index contributed by atoms with van der Waals surface area (Å²) in [5.41, 5.74) is 9.34. The Balaban J connectivity index is 1.84. The van der Waals surface area contributed by atoms with E-state index in [0.29, 0.717) is 23.6 Å². The molecule has 0 aromatic heterocycles. The van der Waals surface area contributed by atoms with Crippen LogP contribution in [0.2, 0.25) is 0 Å². The molecule has 0 spiro atoms. The van der Waals surface area contributed by atoms with Crippen molar-refractivity contribution in [3.8, 4) is 0 Å². The minimum absolute atomic E-state index is 0.292. The first kappa shape index (κ1) is 18.2. The van der Waals surface area contributed by atoms with Crippen LogP contribution in [0.5, 0.6) is 0 Å². The summed E-state index contributed by atoms with van der Waals surface area (Å²) in [4.78, 5) is 27.0. The van der Waals surface area contributed by atoms with E-state index in [0.717, 1.165) is 11.1 Å². The summed E-state index contributed by atoms with van der Waals surface area (Å²) < 4.78 is 0. The molecule has 3 aromatic rings. The molecule has 2 amide bonds. The fourth-order valence-corrected chi connectivity index (χ4v) is 2.75. The Morgan fingerprint density at radius 2 is 1.56 bits per heavy atom. The third kappa shape index (κ3) is 4.52. The van der Waals surface area contributed by atoms with Gasteiger partial charge in [-0.05, 0) is 42.3 Å². The summed E-state index contributed by atoms with van der Waals surface area (Å²) in [6, 6.07) is 23.9. The zero-order chi connectivity index (χ0) is 19.2. The van der Waals surface area contributed by atoms with E-state index < -0.39 is 11.8 Å². The molecule has 0 unspecified atom stereocenters. The molecule has 3 rings (SSSR count). The van der Waals surface area contributed by atoms with E-state index in [1.165, 1.54) is 4.90 Å². The fraction of sp³-hybridized carbons (Fsp3) is 0.0909. The zero-order valence-corrected chi connectivity index (χ0v) is 15.1. The number of amides is 2. The quantitative estimate of drug-likeness (QED) is 0.550. The van der Waals surface area contributed by atoms with Gasteiger partial charge in [0, 0.05) is 5.69 Å². The number of anilines is 3. The van der Waals surface area contributed by atoms with E-state index in [1.807, 2.05) is 61.5 Å². The molecular formula is C22H21N3O2. The Hall–Kier alpha value is -3.60. The van der Waals surface area contributed by atoms with Gasteiger partial charge in [0.1, 0.15) is 0 Å². The predicted octanol–water partition coefficient (Wildman–Crippen LogP) is 3.75. The number of carbonyl (C=O) groups is 2. The number of benzene rings is 3. The van der Waals surface area contributed by atoms with Gasteiger partial charge in [-0.25, -0.2) is 0 Å². The Bertz CT molecular complexity index is 940.